The van der Waals surface area contributed by atoms with Gasteiger partial charge in [0.1, 0.15) is 5.25 Å². The van der Waals surface area contributed by atoms with E-state index in [1.54, 1.807) is 18.2 Å². The summed E-state index contributed by atoms with van der Waals surface area (Å²) in [4.78, 5) is 26.8. The molecule has 9 heteroatoms. The topological polar surface area (TPSA) is 126 Å². The second-order valence-corrected chi connectivity index (χ2v) is 6.46. The van der Waals surface area contributed by atoms with Crippen molar-refractivity contribution in [3.8, 4) is 0 Å². The van der Waals surface area contributed by atoms with Crippen molar-refractivity contribution in [1.82, 2.24) is 4.98 Å². The predicted octanol–water partition coefficient (Wildman–Crippen LogP) is -0.485. The normalized spacial score (nSPS) is 19.9. The van der Waals surface area contributed by atoms with Crippen LogP contribution in [0.2, 0.25) is 0 Å². The van der Waals surface area contributed by atoms with E-state index in [0.29, 0.717) is 16.8 Å². The first-order chi connectivity index (χ1) is 9.34. The van der Waals surface area contributed by atoms with Gasteiger partial charge in [-0.3, -0.25) is 9.78 Å². The third-order valence-electron chi connectivity index (χ3n) is 3.27. The Morgan fingerprint density at radius 3 is 2.75 bits per heavy atom. The Morgan fingerprint density at radius 2 is 2.10 bits per heavy atom. The highest BCUT2D eigenvalue weighted by Crippen LogP contribution is 2.26. The first kappa shape index (κ1) is 12.9. The smallest absolute Gasteiger partial charge is 0.408 e. The fourth-order valence-electron chi connectivity index (χ4n) is 2.25. The van der Waals surface area contributed by atoms with Crippen LogP contribution in [0.5, 0.6) is 0 Å². The van der Waals surface area contributed by atoms with Gasteiger partial charge in [0.15, 0.2) is 5.58 Å². The molecule has 3 N–H and O–H groups in total. The molecule has 1 aromatic heterocycles. The van der Waals surface area contributed by atoms with Gasteiger partial charge in [-0.2, -0.15) is 0 Å². The molecule has 8 nitrogen and oxygen atoms in total. The number of rotatable bonds is 2. The number of carbonyl (C=O) groups excluding carboxylic acids is 1. The maximum Gasteiger partial charge on any atom is 0.417 e. The molecular formula is C11H11N3O5S. The number of anilines is 1. The number of oxazole rings is 1. The van der Waals surface area contributed by atoms with Crippen LogP contribution < -0.4 is 15.8 Å². The molecule has 106 valence electrons. The van der Waals surface area contributed by atoms with Crippen molar-refractivity contribution in [3.63, 3.8) is 0 Å². The van der Waals surface area contributed by atoms with Crippen molar-refractivity contribution in [2.75, 3.05) is 11.4 Å². The first-order valence-electron chi connectivity index (χ1n) is 5.79. The van der Waals surface area contributed by atoms with Crippen LogP contribution in [-0.2, 0) is 14.8 Å². The summed E-state index contributed by atoms with van der Waals surface area (Å²) in [6, 6.07) is 4.69. The lowest BCUT2D eigenvalue weighted by Gasteiger charge is -2.16. The van der Waals surface area contributed by atoms with E-state index in [9.17, 15) is 18.0 Å². The minimum absolute atomic E-state index is 0.00522. The van der Waals surface area contributed by atoms with Gasteiger partial charge in [0.05, 0.1) is 5.52 Å². The molecule has 1 saturated heterocycles. The number of sulfonamides is 1. The standard InChI is InChI=1S/C11H11N3O5S/c12-20(17,18)7-4-10(15)14(5-7)6-1-2-9-8(3-6)13-11(16)19-9/h1-3,7H,4-5H2,(H,13,16)(H2,12,17,18). The number of amides is 1. The molecule has 20 heavy (non-hydrogen) atoms. The lowest BCUT2D eigenvalue weighted by Crippen LogP contribution is -2.32. The largest absolute Gasteiger partial charge is 0.417 e. The summed E-state index contributed by atoms with van der Waals surface area (Å²) in [5.74, 6) is -0.915. The quantitative estimate of drug-likeness (QED) is 0.773. The van der Waals surface area contributed by atoms with E-state index in [2.05, 4.69) is 4.98 Å². The van der Waals surface area contributed by atoms with Crippen LogP contribution in [0.25, 0.3) is 11.1 Å². The number of aromatic nitrogens is 1. The summed E-state index contributed by atoms with van der Waals surface area (Å²) in [5.41, 5.74) is 1.30. The summed E-state index contributed by atoms with van der Waals surface area (Å²) < 4.78 is 27.5. The first-order valence-corrected chi connectivity index (χ1v) is 7.40. The average Bonchev–Trinajstić information content (AvgIpc) is 2.89. The molecule has 1 fully saturated rings. The molecule has 1 unspecified atom stereocenters. The third kappa shape index (κ3) is 2.10. The van der Waals surface area contributed by atoms with Crippen LogP contribution in [0.1, 0.15) is 6.42 Å². The molecule has 0 radical (unpaired) electrons. The van der Waals surface area contributed by atoms with Gasteiger partial charge in [0.2, 0.25) is 15.9 Å². The summed E-state index contributed by atoms with van der Waals surface area (Å²) in [5, 5.41) is 4.16. The number of nitrogens with zero attached hydrogens (tertiary/aromatic N) is 1. The average molecular weight is 297 g/mol. The fraction of sp³-hybridized carbons (Fsp3) is 0.273. The highest BCUT2D eigenvalue weighted by atomic mass is 32.2. The Labute approximate surface area is 113 Å². The SMILES string of the molecule is NS(=O)(=O)C1CC(=O)N(c2ccc3oc(=O)[nH]c3c2)C1. The van der Waals surface area contributed by atoms with E-state index in [1.807, 2.05) is 0 Å². The van der Waals surface area contributed by atoms with Crippen LogP contribution in [0.3, 0.4) is 0 Å². The fourth-order valence-corrected chi connectivity index (χ4v) is 2.98. The van der Waals surface area contributed by atoms with Gasteiger partial charge in [0, 0.05) is 18.7 Å². The number of hydrogen-bond donors (Lipinski definition) is 2. The predicted molar refractivity (Wildman–Crippen MR) is 70.7 cm³/mol. The van der Waals surface area contributed by atoms with Crippen molar-refractivity contribution in [1.29, 1.82) is 0 Å². The van der Waals surface area contributed by atoms with Crippen molar-refractivity contribution >= 4 is 32.7 Å². The summed E-state index contributed by atoms with van der Waals surface area (Å²) in [6.07, 6.45) is -0.140. The van der Waals surface area contributed by atoms with Crippen molar-refractivity contribution in [2.24, 2.45) is 5.14 Å². The number of aromatic amines is 1. The maximum atomic E-state index is 11.9. The Bertz CT molecular complexity index is 850. The molecule has 1 aliphatic heterocycles. The zero-order valence-corrected chi connectivity index (χ0v) is 11.0. The monoisotopic (exact) mass is 297 g/mol. The Kier molecular flexibility index (Phi) is 2.69. The Balaban J connectivity index is 1.99. The number of carbonyl (C=O) groups is 1. The molecule has 1 aromatic carbocycles. The van der Waals surface area contributed by atoms with E-state index in [1.165, 1.54) is 4.90 Å². The van der Waals surface area contributed by atoms with Gasteiger partial charge < -0.3 is 9.32 Å². The molecule has 2 aromatic rings. The lowest BCUT2D eigenvalue weighted by molar-refractivity contribution is -0.117. The van der Waals surface area contributed by atoms with Crippen molar-refractivity contribution in [3.05, 3.63) is 28.7 Å². The molecule has 0 aliphatic carbocycles. The molecule has 3 rings (SSSR count). The minimum Gasteiger partial charge on any atom is -0.408 e. The van der Waals surface area contributed by atoms with Crippen LogP contribution in [-0.4, -0.2) is 31.1 Å². The van der Waals surface area contributed by atoms with E-state index in [4.69, 9.17) is 9.56 Å². The Morgan fingerprint density at radius 1 is 1.35 bits per heavy atom. The number of benzene rings is 1. The number of primary sulfonamides is 1. The maximum absolute atomic E-state index is 11.9. The molecule has 1 atom stereocenters. The van der Waals surface area contributed by atoms with Gasteiger partial charge in [0.25, 0.3) is 0 Å². The van der Waals surface area contributed by atoms with Crippen LogP contribution in [0, 0.1) is 0 Å². The summed E-state index contributed by atoms with van der Waals surface area (Å²) in [6.45, 7) is 0.00522. The minimum atomic E-state index is -3.75. The van der Waals surface area contributed by atoms with Crippen LogP contribution in [0.4, 0.5) is 5.69 Å². The van der Waals surface area contributed by atoms with E-state index in [0.717, 1.165) is 0 Å². The van der Waals surface area contributed by atoms with Gasteiger partial charge in [-0.05, 0) is 18.2 Å². The van der Waals surface area contributed by atoms with Crippen molar-refractivity contribution < 1.29 is 17.6 Å². The third-order valence-corrected chi connectivity index (χ3v) is 4.51. The van der Waals surface area contributed by atoms with Crippen LogP contribution in [0.15, 0.2) is 27.4 Å². The molecule has 0 spiro atoms. The highest BCUT2D eigenvalue weighted by Gasteiger charge is 2.37. The molecular weight excluding hydrogens is 286 g/mol. The number of hydrogen-bond acceptors (Lipinski definition) is 5. The van der Waals surface area contributed by atoms with Gasteiger partial charge in [-0.1, -0.05) is 0 Å². The second-order valence-electron chi connectivity index (χ2n) is 4.61. The highest BCUT2D eigenvalue weighted by molar-refractivity contribution is 7.89. The summed E-state index contributed by atoms with van der Waals surface area (Å²) in [7, 11) is -3.75. The zero-order valence-electron chi connectivity index (χ0n) is 10.2. The number of nitrogens with two attached hydrogens (primary N) is 1. The van der Waals surface area contributed by atoms with Crippen LogP contribution >= 0.6 is 0 Å². The second kappa shape index (κ2) is 4.18. The molecule has 1 amide bonds. The molecule has 1 aliphatic rings. The molecule has 0 saturated carbocycles. The molecule has 0 bridgehead atoms. The van der Waals surface area contributed by atoms with E-state index >= 15 is 0 Å². The Hall–Kier alpha value is -2.13. The number of nitrogens with one attached hydrogen (secondary N) is 1. The number of H-pyrrole nitrogens is 1. The zero-order chi connectivity index (χ0) is 14.5. The summed E-state index contributed by atoms with van der Waals surface area (Å²) >= 11 is 0. The van der Waals surface area contributed by atoms with Gasteiger partial charge >= 0.3 is 5.76 Å². The van der Waals surface area contributed by atoms with Crippen molar-refractivity contribution in [2.45, 2.75) is 11.7 Å². The van der Waals surface area contributed by atoms with E-state index in [-0.39, 0.29) is 18.9 Å². The molecule has 2 heterocycles. The number of fused-ring (bicyclic) bond motifs is 1. The van der Waals surface area contributed by atoms with Gasteiger partial charge in [-0.25, -0.2) is 18.4 Å². The van der Waals surface area contributed by atoms with Gasteiger partial charge in [-0.15, -0.1) is 0 Å². The van der Waals surface area contributed by atoms with E-state index < -0.39 is 21.0 Å². The lowest BCUT2D eigenvalue weighted by atomic mass is 10.2.